The van der Waals surface area contributed by atoms with Crippen LogP contribution < -0.4 is 9.47 Å². The molecular formula is C26H29FN2O5. The first kappa shape index (κ1) is 24.8. The molecule has 0 fully saturated rings. The van der Waals surface area contributed by atoms with Crippen molar-refractivity contribution in [3.8, 4) is 11.5 Å². The van der Waals surface area contributed by atoms with Gasteiger partial charge in [0.25, 0.3) is 5.91 Å². The maximum absolute atomic E-state index is 13.4. The van der Waals surface area contributed by atoms with Gasteiger partial charge in [-0.3, -0.25) is 9.59 Å². The fourth-order valence-corrected chi connectivity index (χ4v) is 3.46. The van der Waals surface area contributed by atoms with E-state index in [1.807, 2.05) is 13.8 Å². The van der Waals surface area contributed by atoms with Crippen LogP contribution in [-0.4, -0.2) is 48.4 Å². The summed E-state index contributed by atoms with van der Waals surface area (Å²) in [7, 11) is 3.02. The standard InChI is InChI=1S/C26H29FN2O5/c1-18(2)29(26(31)20-12-23(32-3)14-24(13-20)33-4)17-25(30)28(16-22-6-5-11-34-22)15-19-7-9-21(27)10-8-19/h5-14,18H,15-17H2,1-4H3. The number of carbonyl (C=O) groups is 2. The van der Waals surface area contributed by atoms with E-state index in [9.17, 15) is 14.0 Å². The number of methoxy groups -OCH3 is 2. The molecule has 3 rings (SSSR count). The number of hydrogen-bond acceptors (Lipinski definition) is 5. The predicted octanol–water partition coefficient (Wildman–Crippen LogP) is 4.52. The van der Waals surface area contributed by atoms with Crippen LogP contribution in [0.25, 0.3) is 0 Å². The molecule has 0 aliphatic rings. The van der Waals surface area contributed by atoms with E-state index in [0.717, 1.165) is 5.56 Å². The summed E-state index contributed by atoms with van der Waals surface area (Å²) in [6.45, 7) is 4.01. The zero-order valence-electron chi connectivity index (χ0n) is 19.8. The summed E-state index contributed by atoms with van der Waals surface area (Å²) in [6, 6.07) is 14.1. The molecule has 0 saturated heterocycles. The van der Waals surface area contributed by atoms with E-state index in [-0.39, 0.29) is 43.3 Å². The van der Waals surface area contributed by atoms with Crippen molar-refractivity contribution in [3.05, 3.63) is 83.6 Å². The topological polar surface area (TPSA) is 72.2 Å². The summed E-state index contributed by atoms with van der Waals surface area (Å²) >= 11 is 0. The highest BCUT2D eigenvalue weighted by Gasteiger charge is 2.26. The van der Waals surface area contributed by atoms with E-state index < -0.39 is 0 Å². The summed E-state index contributed by atoms with van der Waals surface area (Å²) in [6.07, 6.45) is 1.54. The minimum atomic E-state index is -0.349. The van der Waals surface area contributed by atoms with Crippen LogP contribution in [0.15, 0.2) is 65.3 Å². The Morgan fingerprint density at radius 3 is 2.15 bits per heavy atom. The first-order chi connectivity index (χ1) is 16.3. The van der Waals surface area contributed by atoms with Crippen LogP contribution in [0, 0.1) is 5.82 Å². The third-order valence-corrected chi connectivity index (χ3v) is 5.35. The second kappa shape index (κ2) is 11.4. The van der Waals surface area contributed by atoms with E-state index in [1.54, 1.807) is 47.4 Å². The molecule has 2 amide bonds. The highest BCUT2D eigenvalue weighted by atomic mass is 19.1. The molecule has 3 aromatic rings. The molecule has 34 heavy (non-hydrogen) atoms. The Morgan fingerprint density at radius 2 is 1.62 bits per heavy atom. The lowest BCUT2D eigenvalue weighted by Crippen LogP contribution is -2.45. The van der Waals surface area contributed by atoms with Crippen molar-refractivity contribution in [1.29, 1.82) is 0 Å². The van der Waals surface area contributed by atoms with Crippen molar-refractivity contribution < 1.29 is 27.9 Å². The number of hydrogen-bond donors (Lipinski definition) is 0. The van der Waals surface area contributed by atoms with Gasteiger partial charge < -0.3 is 23.7 Å². The number of furan rings is 1. The van der Waals surface area contributed by atoms with E-state index in [0.29, 0.717) is 22.8 Å². The Bertz CT molecular complexity index is 1070. The Hall–Kier alpha value is -3.81. The fourth-order valence-electron chi connectivity index (χ4n) is 3.46. The number of carbonyl (C=O) groups excluding carboxylic acids is 2. The molecule has 1 aromatic heterocycles. The average molecular weight is 469 g/mol. The van der Waals surface area contributed by atoms with E-state index in [2.05, 4.69) is 0 Å². The summed E-state index contributed by atoms with van der Waals surface area (Å²) in [5.41, 5.74) is 1.12. The van der Waals surface area contributed by atoms with Gasteiger partial charge in [-0.05, 0) is 55.8 Å². The second-order valence-electron chi connectivity index (χ2n) is 8.08. The lowest BCUT2D eigenvalue weighted by Gasteiger charge is -2.30. The maximum Gasteiger partial charge on any atom is 0.254 e. The van der Waals surface area contributed by atoms with Gasteiger partial charge in [0, 0.05) is 24.2 Å². The Morgan fingerprint density at radius 1 is 0.971 bits per heavy atom. The smallest absolute Gasteiger partial charge is 0.254 e. The van der Waals surface area contributed by atoms with E-state index in [1.165, 1.54) is 37.5 Å². The molecule has 7 nitrogen and oxygen atoms in total. The number of halogens is 1. The quantitative estimate of drug-likeness (QED) is 0.438. The minimum Gasteiger partial charge on any atom is -0.497 e. The Kier molecular flexibility index (Phi) is 8.29. The normalized spacial score (nSPS) is 10.8. The molecule has 2 aromatic carbocycles. The van der Waals surface area contributed by atoms with Gasteiger partial charge in [-0.15, -0.1) is 0 Å². The molecule has 0 N–H and O–H groups in total. The zero-order valence-corrected chi connectivity index (χ0v) is 19.8. The maximum atomic E-state index is 13.4. The lowest BCUT2D eigenvalue weighted by molar-refractivity contribution is -0.133. The molecule has 0 saturated carbocycles. The first-order valence-electron chi connectivity index (χ1n) is 10.9. The van der Waals surface area contributed by atoms with Gasteiger partial charge in [0.2, 0.25) is 5.91 Å². The summed E-state index contributed by atoms with van der Waals surface area (Å²) in [5, 5.41) is 0. The van der Waals surface area contributed by atoms with Gasteiger partial charge in [-0.2, -0.15) is 0 Å². The molecular weight excluding hydrogens is 439 g/mol. The summed E-state index contributed by atoms with van der Waals surface area (Å²) < 4.78 is 29.3. The zero-order chi connectivity index (χ0) is 24.7. The van der Waals surface area contributed by atoms with E-state index >= 15 is 0 Å². The SMILES string of the molecule is COc1cc(OC)cc(C(=O)N(CC(=O)N(Cc2ccc(F)cc2)Cc2ccco2)C(C)C)c1. The molecule has 180 valence electrons. The highest BCUT2D eigenvalue weighted by molar-refractivity contribution is 5.97. The second-order valence-corrected chi connectivity index (χ2v) is 8.08. The van der Waals surface area contributed by atoms with Gasteiger partial charge >= 0.3 is 0 Å². The molecule has 8 heteroatoms. The van der Waals surface area contributed by atoms with Crippen LogP contribution in [0.5, 0.6) is 11.5 Å². The lowest BCUT2D eigenvalue weighted by atomic mass is 10.1. The number of ether oxygens (including phenoxy) is 2. The predicted molar refractivity (Wildman–Crippen MR) is 125 cm³/mol. The third-order valence-electron chi connectivity index (χ3n) is 5.35. The molecule has 0 atom stereocenters. The van der Waals surface area contributed by atoms with Crippen LogP contribution >= 0.6 is 0 Å². The molecule has 1 heterocycles. The van der Waals surface area contributed by atoms with Crippen LogP contribution in [-0.2, 0) is 17.9 Å². The fraction of sp³-hybridized carbons (Fsp3) is 0.308. The Labute approximate surface area is 198 Å². The van der Waals surface area contributed by atoms with Crippen LogP contribution in [0.1, 0.15) is 35.5 Å². The number of rotatable bonds is 10. The van der Waals surface area contributed by atoms with Crippen molar-refractivity contribution in [2.24, 2.45) is 0 Å². The van der Waals surface area contributed by atoms with Gasteiger partial charge in [-0.25, -0.2) is 4.39 Å². The highest BCUT2D eigenvalue weighted by Crippen LogP contribution is 2.24. The molecule has 0 unspecified atom stereocenters. The molecule has 0 bridgehead atoms. The molecule has 0 aliphatic carbocycles. The van der Waals surface area contributed by atoms with Gasteiger partial charge in [0.05, 0.1) is 27.0 Å². The van der Waals surface area contributed by atoms with Crippen molar-refractivity contribution in [2.45, 2.75) is 33.0 Å². The van der Waals surface area contributed by atoms with Crippen molar-refractivity contribution in [1.82, 2.24) is 9.80 Å². The first-order valence-corrected chi connectivity index (χ1v) is 10.9. The minimum absolute atomic E-state index is 0.141. The van der Waals surface area contributed by atoms with Crippen molar-refractivity contribution in [2.75, 3.05) is 20.8 Å². The third kappa shape index (κ3) is 6.37. The Balaban J connectivity index is 1.84. The van der Waals surface area contributed by atoms with Crippen LogP contribution in [0.4, 0.5) is 4.39 Å². The van der Waals surface area contributed by atoms with Crippen LogP contribution in [0.3, 0.4) is 0 Å². The molecule has 0 spiro atoms. The molecule has 0 aliphatic heterocycles. The largest absolute Gasteiger partial charge is 0.497 e. The van der Waals surface area contributed by atoms with E-state index in [4.69, 9.17) is 13.9 Å². The monoisotopic (exact) mass is 468 g/mol. The number of benzene rings is 2. The summed E-state index contributed by atoms with van der Waals surface area (Å²) in [4.78, 5) is 29.9. The van der Waals surface area contributed by atoms with Crippen LogP contribution in [0.2, 0.25) is 0 Å². The van der Waals surface area contributed by atoms with Gasteiger partial charge in [0.15, 0.2) is 0 Å². The summed E-state index contributed by atoms with van der Waals surface area (Å²) in [5.74, 6) is 0.633. The molecule has 0 radical (unpaired) electrons. The van der Waals surface area contributed by atoms with Crippen molar-refractivity contribution in [3.63, 3.8) is 0 Å². The van der Waals surface area contributed by atoms with Crippen molar-refractivity contribution >= 4 is 11.8 Å². The van der Waals surface area contributed by atoms with Gasteiger partial charge in [0.1, 0.15) is 29.6 Å². The average Bonchev–Trinajstić information content (AvgIpc) is 3.35. The van der Waals surface area contributed by atoms with Gasteiger partial charge in [-0.1, -0.05) is 12.1 Å². The number of nitrogens with zero attached hydrogens (tertiary/aromatic N) is 2. The number of amides is 2.